The van der Waals surface area contributed by atoms with E-state index in [0.717, 1.165) is 15.6 Å². The van der Waals surface area contributed by atoms with E-state index in [1.807, 2.05) is 59.7 Å². The van der Waals surface area contributed by atoms with Gasteiger partial charge in [-0.05, 0) is 41.3 Å². The van der Waals surface area contributed by atoms with Crippen molar-refractivity contribution in [2.45, 2.75) is 17.9 Å². The highest BCUT2D eigenvalue weighted by Gasteiger charge is 2.29. The molecule has 0 saturated carbocycles. The highest BCUT2D eigenvalue weighted by Crippen LogP contribution is 2.23. The van der Waals surface area contributed by atoms with Gasteiger partial charge in [0.15, 0.2) is 0 Å². The van der Waals surface area contributed by atoms with E-state index in [0.29, 0.717) is 31.1 Å². The maximum Gasteiger partial charge on any atom is 0.243 e. The fourth-order valence-corrected chi connectivity index (χ4v) is 5.90. The number of nitrogens with zero attached hydrogens (tertiary/aromatic N) is 2. The van der Waals surface area contributed by atoms with Gasteiger partial charge in [-0.15, -0.1) is 11.3 Å². The minimum absolute atomic E-state index is 0.0212. The molecule has 0 bridgehead atoms. The number of hydrogen-bond acceptors (Lipinski definition) is 5. The normalized spacial score (nSPS) is 17.1. The summed E-state index contributed by atoms with van der Waals surface area (Å²) in [5, 5.41) is 6.93. The Morgan fingerprint density at radius 2 is 1.77 bits per heavy atom. The SMILES string of the molecule is C[C@@H](NC(=O)CN1CCN(S(=O)(=O)c2ccc3ccccc3c2)CC1)c1cccs1. The van der Waals surface area contributed by atoms with Crippen molar-refractivity contribution in [1.29, 1.82) is 0 Å². The molecule has 8 heteroatoms. The first-order chi connectivity index (χ1) is 14.4. The van der Waals surface area contributed by atoms with Crippen molar-refractivity contribution in [3.8, 4) is 0 Å². The van der Waals surface area contributed by atoms with Crippen molar-refractivity contribution in [2.75, 3.05) is 32.7 Å². The van der Waals surface area contributed by atoms with Crippen LogP contribution in [0.2, 0.25) is 0 Å². The number of hydrogen-bond donors (Lipinski definition) is 1. The lowest BCUT2D eigenvalue weighted by Gasteiger charge is -2.33. The summed E-state index contributed by atoms with van der Waals surface area (Å²) in [6, 6.07) is 16.9. The molecule has 0 spiro atoms. The Bertz CT molecular complexity index is 1120. The molecule has 1 aromatic heterocycles. The third-order valence-electron chi connectivity index (χ3n) is 5.40. The number of rotatable bonds is 6. The summed E-state index contributed by atoms with van der Waals surface area (Å²) < 4.78 is 27.6. The van der Waals surface area contributed by atoms with Crippen LogP contribution in [0.15, 0.2) is 64.9 Å². The Kier molecular flexibility index (Phi) is 6.19. The molecule has 1 aliphatic heterocycles. The van der Waals surface area contributed by atoms with Gasteiger partial charge in [0.1, 0.15) is 0 Å². The molecule has 30 heavy (non-hydrogen) atoms. The van der Waals surface area contributed by atoms with Gasteiger partial charge in [-0.3, -0.25) is 9.69 Å². The minimum Gasteiger partial charge on any atom is -0.348 e. The molecule has 2 heterocycles. The van der Waals surface area contributed by atoms with Gasteiger partial charge in [0.25, 0.3) is 0 Å². The first kappa shape index (κ1) is 21.0. The molecule has 1 fully saturated rings. The van der Waals surface area contributed by atoms with Gasteiger partial charge in [0.05, 0.1) is 17.5 Å². The standard InChI is InChI=1S/C22H25N3O3S2/c1-17(21-7-4-14-29-21)23-22(26)16-24-10-12-25(13-11-24)30(27,28)20-9-8-18-5-2-3-6-19(18)15-20/h2-9,14-15,17H,10-13,16H2,1H3,(H,23,26)/t17-/m1/s1. The summed E-state index contributed by atoms with van der Waals surface area (Å²) in [5.74, 6) is -0.0401. The second-order valence-corrected chi connectivity index (χ2v) is 10.4. The average molecular weight is 444 g/mol. The third-order valence-corrected chi connectivity index (χ3v) is 8.35. The van der Waals surface area contributed by atoms with Gasteiger partial charge in [0.2, 0.25) is 15.9 Å². The van der Waals surface area contributed by atoms with Gasteiger partial charge in [-0.25, -0.2) is 8.42 Å². The number of amides is 1. The fraction of sp³-hybridized carbons (Fsp3) is 0.318. The van der Waals surface area contributed by atoms with Crippen LogP contribution in [0, 0.1) is 0 Å². The molecule has 1 N–H and O–H groups in total. The number of benzene rings is 2. The molecule has 3 aromatic rings. The van der Waals surface area contributed by atoms with Gasteiger partial charge in [-0.1, -0.05) is 36.4 Å². The number of nitrogens with one attached hydrogen (secondary N) is 1. The Morgan fingerprint density at radius 3 is 2.47 bits per heavy atom. The summed E-state index contributed by atoms with van der Waals surface area (Å²) in [6.45, 7) is 4.07. The second kappa shape index (κ2) is 8.85. The van der Waals surface area contributed by atoms with Crippen molar-refractivity contribution >= 4 is 38.0 Å². The molecule has 2 aromatic carbocycles. The molecule has 1 atom stereocenters. The van der Waals surface area contributed by atoms with E-state index in [9.17, 15) is 13.2 Å². The lowest BCUT2D eigenvalue weighted by molar-refractivity contribution is -0.123. The van der Waals surface area contributed by atoms with Gasteiger partial charge in [0, 0.05) is 31.1 Å². The monoisotopic (exact) mass is 443 g/mol. The smallest absolute Gasteiger partial charge is 0.243 e. The number of fused-ring (bicyclic) bond motifs is 1. The van der Waals surface area contributed by atoms with E-state index < -0.39 is 10.0 Å². The van der Waals surface area contributed by atoms with Crippen LogP contribution in [0.3, 0.4) is 0 Å². The molecule has 158 valence electrons. The van der Waals surface area contributed by atoms with E-state index in [1.165, 1.54) is 4.31 Å². The Hall–Kier alpha value is -2.26. The van der Waals surface area contributed by atoms with Crippen molar-refractivity contribution in [3.63, 3.8) is 0 Å². The van der Waals surface area contributed by atoms with E-state index >= 15 is 0 Å². The first-order valence-corrected chi connectivity index (χ1v) is 12.3. The molecular weight excluding hydrogens is 418 g/mol. The van der Waals surface area contributed by atoms with E-state index in [2.05, 4.69) is 5.32 Å². The number of carbonyl (C=O) groups excluding carboxylic acids is 1. The van der Waals surface area contributed by atoms with Gasteiger partial charge >= 0.3 is 0 Å². The summed E-state index contributed by atoms with van der Waals surface area (Å²) >= 11 is 1.62. The molecular formula is C22H25N3O3S2. The minimum atomic E-state index is -3.55. The molecule has 1 saturated heterocycles. The Labute approximate surface area is 181 Å². The molecule has 0 unspecified atom stereocenters. The molecule has 0 radical (unpaired) electrons. The zero-order valence-electron chi connectivity index (χ0n) is 16.8. The number of thiophene rings is 1. The lowest BCUT2D eigenvalue weighted by Crippen LogP contribution is -2.51. The molecule has 1 aliphatic rings. The maximum absolute atomic E-state index is 13.1. The lowest BCUT2D eigenvalue weighted by atomic mass is 10.1. The van der Waals surface area contributed by atoms with Crippen molar-refractivity contribution in [2.24, 2.45) is 0 Å². The summed E-state index contributed by atoms with van der Waals surface area (Å²) in [6.07, 6.45) is 0. The topological polar surface area (TPSA) is 69.7 Å². The molecule has 1 amide bonds. The molecule has 0 aliphatic carbocycles. The predicted molar refractivity (Wildman–Crippen MR) is 120 cm³/mol. The Balaban J connectivity index is 1.34. The van der Waals surface area contributed by atoms with Crippen LogP contribution in [-0.2, 0) is 14.8 Å². The van der Waals surface area contributed by atoms with E-state index in [-0.39, 0.29) is 18.5 Å². The van der Waals surface area contributed by atoms with Crippen LogP contribution in [-0.4, -0.2) is 56.3 Å². The zero-order valence-corrected chi connectivity index (χ0v) is 18.5. The predicted octanol–water partition coefficient (Wildman–Crippen LogP) is 3.09. The fourth-order valence-electron chi connectivity index (χ4n) is 3.70. The number of piperazine rings is 1. The van der Waals surface area contributed by atoms with Crippen LogP contribution in [0.4, 0.5) is 0 Å². The van der Waals surface area contributed by atoms with E-state index in [1.54, 1.807) is 23.5 Å². The van der Waals surface area contributed by atoms with Crippen molar-refractivity contribution in [3.05, 3.63) is 64.9 Å². The third kappa shape index (κ3) is 4.57. The van der Waals surface area contributed by atoms with Gasteiger partial charge in [-0.2, -0.15) is 4.31 Å². The number of carbonyl (C=O) groups is 1. The maximum atomic E-state index is 13.1. The number of sulfonamides is 1. The molecule has 6 nitrogen and oxygen atoms in total. The highest BCUT2D eigenvalue weighted by atomic mass is 32.2. The van der Waals surface area contributed by atoms with E-state index in [4.69, 9.17) is 0 Å². The second-order valence-electron chi connectivity index (χ2n) is 7.49. The van der Waals surface area contributed by atoms with Crippen LogP contribution in [0.1, 0.15) is 17.8 Å². The van der Waals surface area contributed by atoms with Crippen molar-refractivity contribution in [1.82, 2.24) is 14.5 Å². The van der Waals surface area contributed by atoms with Gasteiger partial charge < -0.3 is 5.32 Å². The first-order valence-electron chi connectivity index (χ1n) is 9.97. The summed E-state index contributed by atoms with van der Waals surface area (Å²) in [4.78, 5) is 15.8. The van der Waals surface area contributed by atoms with Crippen LogP contribution in [0.25, 0.3) is 10.8 Å². The summed E-state index contributed by atoms with van der Waals surface area (Å²) in [5.41, 5.74) is 0. The Morgan fingerprint density at radius 1 is 1.03 bits per heavy atom. The van der Waals surface area contributed by atoms with Crippen LogP contribution < -0.4 is 5.32 Å². The summed E-state index contributed by atoms with van der Waals surface area (Å²) in [7, 11) is -3.55. The molecule has 4 rings (SSSR count). The quantitative estimate of drug-likeness (QED) is 0.636. The van der Waals surface area contributed by atoms with Crippen molar-refractivity contribution < 1.29 is 13.2 Å². The van der Waals surface area contributed by atoms with Crippen LogP contribution >= 0.6 is 11.3 Å². The van der Waals surface area contributed by atoms with Crippen LogP contribution in [0.5, 0.6) is 0 Å². The largest absolute Gasteiger partial charge is 0.348 e. The average Bonchev–Trinajstić information content (AvgIpc) is 3.29. The zero-order chi connectivity index (χ0) is 21.1. The highest BCUT2D eigenvalue weighted by molar-refractivity contribution is 7.89.